The van der Waals surface area contributed by atoms with Gasteiger partial charge in [0.25, 0.3) is 0 Å². The van der Waals surface area contributed by atoms with Gasteiger partial charge >= 0.3 is 6.03 Å². The van der Waals surface area contributed by atoms with Gasteiger partial charge in [-0.1, -0.05) is 34.8 Å². The fraction of sp³-hybridized carbons (Fsp3) is 0.294. The van der Waals surface area contributed by atoms with E-state index < -0.39 is 0 Å². The van der Waals surface area contributed by atoms with Crippen molar-refractivity contribution >= 4 is 46.5 Å². The zero-order chi connectivity index (χ0) is 17.8. The van der Waals surface area contributed by atoms with E-state index in [2.05, 4.69) is 10.3 Å². The number of nitrogens with zero attached hydrogens (tertiary/aromatic N) is 2. The number of carbonyl (C=O) groups excluding carboxylic acids is 1. The third kappa shape index (κ3) is 4.69. The number of nitrogens with one attached hydrogen (secondary N) is 1. The van der Waals surface area contributed by atoms with Crippen molar-refractivity contribution in [1.29, 1.82) is 0 Å². The fourth-order valence-electron chi connectivity index (χ4n) is 2.60. The van der Waals surface area contributed by atoms with Crippen molar-refractivity contribution in [3.05, 3.63) is 51.7 Å². The van der Waals surface area contributed by atoms with Gasteiger partial charge in [-0.25, -0.2) is 4.79 Å². The average molecular weight is 401 g/mol. The lowest BCUT2D eigenvalue weighted by Gasteiger charge is -2.18. The normalized spacial score (nSPS) is 16.8. The number of pyridine rings is 1. The highest BCUT2D eigenvalue weighted by molar-refractivity contribution is 6.42. The molecule has 0 aliphatic carbocycles. The zero-order valence-electron chi connectivity index (χ0n) is 13.2. The number of likely N-dealkylation sites (tertiary alicyclic amines) is 1. The minimum atomic E-state index is -0.188. The highest BCUT2D eigenvalue weighted by Gasteiger charge is 2.27. The van der Waals surface area contributed by atoms with Crippen molar-refractivity contribution < 1.29 is 9.53 Å². The van der Waals surface area contributed by atoms with Gasteiger partial charge in [0.2, 0.25) is 0 Å². The number of carbonyl (C=O) groups is 1. The number of benzene rings is 1. The summed E-state index contributed by atoms with van der Waals surface area (Å²) in [7, 11) is 0. The molecule has 132 valence electrons. The van der Waals surface area contributed by atoms with Gasteiger partial charge in [-0.3, -0.25) is 4.98 Å². The lowest BCUT2D eigenvalue weighted by Crippen LogP contribution is -2.33. The maximum atomic E-state index is 12.3. The number of amides is 2. The number of urea groups is 1. The van der Waals surface area contributed by atoms with Gasteiger partial charge < -0.3 is 15.0 Å². The lowest BCUT2D eigenvalue weighted by atomic mass is 10.1. The Balaban J connectivity index is 1.50. The summed E-state index contributed by atoms with van der Waals surface area (Å²) in [6.07, 6.45) is 3.97. The lowest BCUT2D eigenvalue weighted by molar-refractivity contribution is 0.214. The highest BCUT2D eigenvalue weighted by atomic mass is 35.5. The van der Waals surface area contributed by atoms with Gasteiger partial charge in [0.15, 0.2) is 0 Å². The van der Waals surface area contributed by atoms with Crippen LogP contribution in [0.4, 0.5) is 10.5 Å². The van der Waals surface area contributed by atoms with Crippen molar-refractivity contribution in [2.75, 3.05) is 25.0 Å². The Morgan fingerprint density at radius 1 is 1.24 bits per heavy atom. The van der Waals surface area contributed by atoms with Crippen LogP contribution >= 0.6 is 34.8 Å². The molecule has 0 spiro atoms. The third-order valence-corrected chi connectivity index (χ3v) is 5.03. The van der Waals surface area contributed by atoms with Crippen LogP contribution < -0.4 is 10.1 Å². The Morgan fingerprint density at radius 2 is 2.08 bits per heavy atom. The van der Waals surface area contributed by atoms with Crippen LogP contribution in [-0.4, -0.2) is 35.6 Å². The maximum absolute atomic E-state index is 12.3. The van der Waals surface area contributed by atoms with Crippen LogP contribution in [0.5, 0.6) is 5.75 Å². The number of anilines is 1. The van der Waals surface area contributed by atoms with E-state index in [0.29, 0.717) is 46.2 Å². The largest absolute Gasteiger partial charge is 0.493 e. The van der Waals surface area contributed by atoms with Gasteiger partial charge in [-0.15, -0.1) is 0 Å². The molecule has 8 heteroatoms. The van der Waals surface area contributed by atoms with Crippen molar-refractivity contribution in [2.45, 2.75) is 6.42 Å². The van der Waals surface area contributed by atoms with Crippen LogP contribution in [-0.2, 0) is 0 Å². The fourth-order valence-corrected chi connectivity index (χ4v) is 3.04. The number of aromatic nitrogens is 1. The van der Waals surface area contributed by atoms with Crippen LogP contribution in [0, 0.1) is 5.92 Å². The summed E-state index contributed by atoms with van der Waals surface area (Å²) in [5, 5.41) is 4.19. The Hall–Kier alpha value is -1.69. The second-order valence-corrected chi connectivity index (χ2v) is 6.99. The number of hydrogen-bond acceptors (Lipinski definition) is 3. The molecule has 2 aromatic rings. The first-order valence-corrected chi connectivity index (χ1v) is 8.89. The Morgan fingerprint density at radius 3 is 2.84 bits per heavy atom. The van der Waals surface area contributed by atoms with Crippen LogP contribution in [0.1, 0.15) is 6.42 Å². The van der Waals surface area contributed by atoms with E-state index in [0.717, 1.165) is 6.42 Å². The first-order chi connectivity index (χ1) is 12.0. The van der Waals surface area contributed by atoms with Crippen LogP contribution in [0.3, 0.4) is 0 Å². The Kier molecular flexibility index (Phi) is 5.89. The summed E-state index contributed by atoms with van der Waals surface area (Å²) in [6.45, 7) is 1.79. The van der Waals surface area contributed by atoms with E-state index in [1.807, 2.05) is 0 Å². The SMILES string of the molecule is O=C(Nc1cnccc1Cl)N1CCC(COc2ccc(Cl)c(Cl)c2)C1. The van der Waals surface area contributed by atoms with E-state index in [1.54, 1.807) is 35.4 Å². The monoisotopic (exact) mass is 399 g/mol. The topological polar surface area (TPSA) is 54.5 Å². The molecule has 0 bridgehead atoms. The Bertz CT molecular complexity index is 773. The van der Waals surface area contributed by atoms with E-state index in [-0.39, 0.29) is 11.9 Å². The molecule has 3 rings (SSSR count). The summed E-state index contributed by atoms with van der Waals surface area (Å²) in [6, 6.07) is 6.61. The van der Waals surface area contributed by atoms with E-state index in [9.17, 15) is 4.79 Å². The second kappa shape index (κ2) is 8.13. The summed E-state index contributed by atoms with van der Waals surface area (Å²) >= 11 is 17.9. The first kappa shape index (κ1) is 18.1. The van der Waals surface area contributed by atoms with Crippen molar-refractivity contribution in [1.82, 2.24) is 9.88 Å². The molecule has 1 N–H and O–H groups in total. The van der Waals surface area contributed by atoms with Gasteiger partial charge in [0, 0.05) is 31.3 Å². The summed E-state index contributed by atoms with van der Waals surface area (Å²) in [4.78, 5) is 18.0. The second-order valence-electron chi connectivity index (χ2n) is 5.77. The zero-order valence-corrected chi connectivity index (χ0v) is 15.5. The smallest absolute Gasteiger partial charge is 0.321 e. The number of rotatable bonds is 4. The summed E-state index contributed by atoms with van der Waals surface area (Å²) in [5.74, 6) is 0.920. The molecule has 1 aliphatic heterocycles. The average Bonchev–Trinajstić information content (AvgIpc) is 3.07. The Labute approximate surface area is 160 Å². The van der Waals surface area contributed by atoms with Crippen LogP contribution in [0.25, 0.3) is 0 Å². The van der Waals surface area contributed by atoms with E-state index in [4.69, 9.17) is 39.5 Å². The summed E-state index contributed by atoms with van der Waals surface area (Å²) in [5.41, 5.74) is 0.504. The minimum absolute atomic E-state index is 0.188. The molecule has 2 heterocycles. The molecule has 1 aromatic heterocycles. The number of hydrogen-bond donors (Lipinski definition) is 1. The molecule has 0 saturated carbocycles. The number of halogens is 3. The molecule has 25 heavy (non-hydrogen) atoms. The minimum Gasteiger partial charge on any atom is -0.493 e. The highest BCUT2D eigenvalue weighted by Crippen LogP contribution is 2.27. The summed E-state index contributed by atoms with van der Waals surface area (Å²) < 4.78 is 5.76. The molecule has 1 saturated heterocycles. The molecular weight excluding hydrogens is 385 g/mol. The predicted molar refractivity (Wildman–Crippen MR) is 99.9 cm³/mol. The van der Waals surface area contributed by atoms with Gasteiger partial charge in [0.05, 0.1) is 33.6 Å². The number of ether oxygens (including phenoxy) is 1. The molecule has 0 radical (unpaired) electrons. The maximum Gasteiger partial charge on any atom is 0.321 e. The van der Waals surface area contributed by atoms with Crippen LogP contribution in [0.15, 0.2) is 36.7 Å². The predicted octanol–water partition coefficient (Wildman–Crippen LogP) is 4.97. The quantitative estimate of drug-likeness (QED) is 0.788. The van der Waals surface area contributed by atoms with E-state index in [1.165, 1.54) is 6.20 Å². The van der Waals surface area contributed by atoms with Crippen LogP contribution in [0.2, 0.25) is 15.1 Å². The molecule has 1 atom stereocenters. The molecule has 1 aliphatic rings. The van der Waals surface area contributed by atoms with Crippen molar-refractivity contribution in [3.63, 3.8) is 0 Å². The molecule has 1 unspecified atom stereocenters. The van der Waals surface area contributed by atoms with Gasteiger partial charge in [-0.05, 0) is 24.6 Å². The molecule has 5 nitrogen and oxygen atoms in total. The standard InChI is InChI=1S/C17H16Cl3N3O2/c18-13-2-1-12(7-15(13)20)25-10-11-4-6-23(9-11)17(24)22-16-8-21-5-3-14(16)19/h1-3,5,7-8,11H,4,6,9-10H2,(H,22,24). The van der Waals surface area contributed by atoms with Crippen molar-refractivity contribution in [3.8, 4) is 5.75 Å². The van der Waals surface area contributed by atoms with Gasteiger partial charge in [0.1, 0.15) is 5.75 Å². The molecular formula is C17H16Cl3N3O2. The van der Waals surface area contributed by atoms with E-state index >= 15 is 0 Å². The molecule has 1 fully saturated rings. The van der Waals surface area contributed by atoms with Crippen molar-refractivity contribution in [2.24, 2.45) is 5.92 Å². The molecule has 2 amide bonds. The third-order valence-electron chi connectivity index (χ3n) is 3.96. The van der Waals surface area contributed by atoms with Gasteiger partial charge in [-0.2, -0.15) is 0 Å². The molecule has 1 aromatic carbocycles. The first-order valence-electron chi connectivity index (χ1n) is 7.76.